The molecule has 2 rings (SSSR count). The molecule has 0 radical (unpaired) electrons. The van der Waals surface area contributed by atoms with Crippen LogP contribution in [0.2, 0.25) is 0 Å². The molecule has 0 saturated carbocycles. The zero-order chi connectivity index (χ0) is 10.2. The van der Waals surface area contributed by atoms with E-state index >= 15 is 0 Å². The van der Waals surface area contributed by atoms with E-state index in [1.54, 1.807) is 0 Å². The maximum atomic E-state index is 10.5. The van der Waals surface area contributed by atoms with Crippen LogP contribution in [0.25, 0.3) is 0 Å². The van der Waals surface area contributed by atoms with Gasteiger partial charge in [0.1, 0.15) is 5.60 Å². The Morgan fingerprint density at radius 2 is 2.43 bits per heavy atom. The molecule has 0 bridgehead atoms. The number of aromatic carboxylic acids is 1. The fourth-order valence-corrected chi connectivity index (χ4v) is 1.48. The highest BCUT2D eigenvalue weighted by Gasteiger charge is 2.37. The summed E-state index contributed by atoms with van der Waals surface area (Å²) in [5, 5.41) is 12.2. The Morgan fingerprint density at radius 3 is 2.93 bits per heavy atom. The molecule has 1 aliphatic rings. The maximum absolute atomic E-state index is 10.5. The van der Waals surface area contributed by atoms with Crippen molar-refractivity contribution in [2.75, 3.05) is 6.61 Å². The van der Waals surface area contributed by atoms with Crippen molar-refractivity contribution >= 4 is 5.97 Å². The number of aromatic nitrogens is 2. The summed E-state index contributed by atoms with van der Waals surface area (Å²) in [7, 11) is 0. The lowest BCUT2D eigenvalue weighted by Gasteiger charge is -2.17. The van der Waals surface area contributed by atoms with Crippen molar-refractivity contribution in [3.63, 3.8) is 0 Å². The van der Waals surface area contributed by atoms with E-state index in [0.717, 1.165) is 12.8 Å². The molecule has 0 aromatic carbocycles. The summed E-state index contributed by atoms with van der Waals surface area (Å²) in [4.78, 5) is 14.3. The van der Waals surface area contributed by atoms with Gasteiger partial charge in [0, 0.05) is 6.61 Å². The Labute approximate surface area is 79.9 Å². The Bertz CT molecular complexity index is 354. The van der Waals surface area contributed by atoms with Crippen molar-refractivity contribution < 1.29 is 19.2 Å². The summed E-state index contributed by atoms with van der Waals surface area (Å²) in [6.45, 7) is 2.48. The van der Waals surface area contributed by atoms with E-state index in [2.05, 4.69) is 14.7 Å². The predicted molar refractivity (Wildman–Crippen MR) is 43.8 cm³/mol. The predicted octanol–water partition coefficient (Wildman–Crippen LogP) is 0.793. The van der Waals surface area contributed by atoms with E-state index in [1.165, 1.54) is 0 Å². The molecule has 1 aliphatic heterocycles. The van der Waals surface area contributed by atoms with Crippen LogP contribution in [-0.2, 0) is 10.3 Å². The van der Waals surface area contributed by atoms with E-state index in [4.69, 9.17) is 9.84 Å². The minimum Gasteiger partial charge on any atom is -0.474 e. The fourth-order valence-electron chi connectivity index (χ4n) is 1.48. The van der Waals surface area contributed by atoms with E-state index in [0.29, 0.717) is 12.4 Å². The van der Waals surface area contributed by atoms with E-state index in [9.17, 15) is 4.79 Å². The molecule has 1 unspecified atom stereocenters. The average molecular weight is 198 g/mol. The van der Waals surface area contributed by atoms with Crippen LogP contribution in [0.3, 0.4) is 0 Å². The molecule has 1 fully saturated rings. The van der Waals surface area contributed by atoms with Gasteiger partial charge in [-0.3, -0.25) is 0 Å². The number of hydrogen-bond donors (Lipinski definition) is 1. The minimum absolute atomic E-state index is 0.312. The standard InChI is InChI=1S/C8H10N2O4/c1-8(3-2-4-13-8)7-9-5(6(11)12)14-10-7/h2-4H2,1H3,(H,11,12). The molecular weight excluding hydrogens is 188 g/mol. The number of carboxylic acid groups (broad SMARTS) is 1. The van der Waals surface area contributed by atoms with Gasteiger partial charge in [0.05, 0.1) is 0 Å². The van der Waals surface area contributed by atoms with E-state index in [-0.39, 0.29) is 0 Å². The molecular formula is C8H10N2O4. The first-order valence-corrected chi connectivity index (χ1v) is 4.33. The maximum Gasteiger partial charge on any atom is 0.394 e. The molecule has 6 heteroatoms. The first-order chi connectivity index (χ1) is 6.62. The third kappa shape index (κ3) is 1.37. The van der Waals surface area contributed by atoms with Gasteiger partial charge in [-0.25, -0.2) is 4.79 Å². The van der Waals surface area contributed by atoms with Crippen molar-refractivity contribution in [3.05, 3.63) is 11.7 Å². The van der Waals surface area contributed by atoms with Gasteiger partial charge in [-0.05, 0) is 19.8 Å². The van der Waals surface area contributed by atoms with Gasteiger partial charge < -0.3 is 14.4 Å². The van der Waals surface area contributed by atoms with Gasteiger partial charge in [0.25, 0.3) is 0 Å². The average Bonchev–Trinajstić information content (AvgIpc) is 2.71. The zero-order valence-electron chi connectivity index (χ0n) is 7.69. The van der Waals surface area contributed by atoms with Crippen LogP contribution in [0.5, 0.6) is 0 Å². The summed E-state index contributed by atoms with van der Waals surface area (Å²) in [6, 6.07) is 0. The molecule has 1 atom stereocenters. The van der Waals surface area contributed by atoms with E-state index < -0.39 is 17.5 Å². The van der Waals surface area contributed by atoms with Crippen molar-refractivity contribution in [2.45, 2.75) is 25.4 Å². The van der Waals surface area contributed by atoms with Gasteiger partial charge in [-0.1, -0.05) is 5.16 Å². The first kappa shape index (κ1) is 9.14. The first-order valence-electron chi connectivity index (χ1n) is 4.33. The highest BCUT2D eigenvalue weighted by atomic mass is 16.5. The number of rotatable bonds is 2. The van der Waals surface area contributed by atoms with E-state index in [1.807, 2.05) is 6.92 Å². The zero-order valence-corrected chi connectivity index (χ0v) is 7.69. The molecule has 76 valence electrons. The van der Waals surface area contributed by atoms with Crippen LogP contribution < -0.4 is 0 Å². The number of hydrogen-bond acceptors (Lipinski definition) is 5. The number of ether oxygens (including phenoxy) is 1. The van der Waals surface area contributed by atoms with Crippen LogP contribution >= 0.6 is 0 Å². The van der Waals surface area contributed by atoms with Crippen molar-refractivity contribution in [1.29, 1.82) is 0 Å². The number of carbonyl (C=O) groups is 1. The third-order valence-electron chi connectivity index (χ3n) is 2.30. The summed E-state index contributed by atoms with van der Waals surface area (Å²) in [5.74, 6) is -1.30. The highest BCUT2D eigenvalue weighted by molar-refractivity contribution is 5.81. The summed E-state index contributed by atoms with van der Waals surface area (Å²) >= 11 is 0. The largest absolute Gasteiger partial charge is 0.474 e. The quantitative estimate of drug-likeness (QED) is 0.756. The van der Waals surface area contributed by atoms with Crippen LogP contribution in [-0.4, -0.2) is 27.8 Å². The minimum atomic E-state index is -1.22. The summed E-state index contributed by atoms with van der Waals surface area (Å²) in [6.07, 6.45) is 1.71. The topological polar surface area (TPSA) is 85.5 Å². The molecule has 6 nitrogen and oxygen atoms in total. The number of nitrogens with zero attached hydrogens (tertiary/aromatic N) is 2. The monoisotopic (exact) mass is 198 g/mol. The van der Waals surface area contributed by atoms with Crippen molar-refractivity contribution in [2.24, 2.45) is 0 Å². The lowest BCUT2D eigenvalue weighted by molar-refractivity contribution is 0.00767. The highest BCUT2D eigenvalue weighted by Crippen LogP contribution is 2.33. The second-order valence-corrected chi connectivity index (χ2v) is 3.41. The lowest BCUT2D eigenvalue weighted by atomic mass is 10.0. The molecule has 0 amide bonds. The second-order valence-electron chi connectivity index (χ2n) is 3.41. The molecule has 2 heterocycles. The fraction of sp³-hybridized carbons (Fsp3) is 0.625. The Morgan fingerprint density at radius 1 is 1.64 bits per heavy atom. The van der Waals surface area contributed by atoms with Crippen LogP contribution in [0, 0.1) is 0 Å². The summed E-state index contributed by atoms with van der Waals surface area (Å²) in [5.41, 5.74) is -0.586. The van der Waals surface area contributed by atoms with Crippen molar-refractivity contribution in [3.8, 4) is 0 Å². The summed E-state index contributed by atoms with van der Waals surface area (Å²) < 4.78 is 10.0. The van der Waals surface area contributed by atoms with Crippen molar-refractivity contribution in [1.82, 2.24) is 10.1 Å². The smallest absolute Gasteiger partial charge is 0.394 e. The Hall–Kier alpha value is -1.43. The van der Waals surface area contributed by atoms with Gasteiger partial charge >= 0.3 is 11.9 Å². The second kappa shape index (κ2) is 3.06. The van der Waals surface area contributed by atoms with Gasteiger partial charge in [-0.2, -0.15) is 4.98 Å². The van der Waals surface area contributed by atoms with Crippen LogP contribution in [0.4, 0.5) is 0 Å². The molecule has 1 saturated heterocycles. The Kier molecular flexibility index (Phi) is 1.99. The Balaban J connectivity index is 2.28. The van der Waals surface area contributed by atoms with Gasteiger partial charge in [0.2, 0.25) is 5.82 Å². The normalized spacial score (nSPS) is 26.6. The number of carboxylic acids is 1. The molecule has 1 aromatic rings. The third-order valence-corrected chi connectivity index (χ3v) is 2.30. The molecule has 0 spiro atoms. The van der Waals surface area contributed by atoms with Gasteiger partial charge in [0.15, 0.2) is 0 Å². The van der Waals surface area contributed by atoms with Crippen LogP contribution in [0.15, 0.2) is 4.52 Å². The molecule has 1 N–H and O–H groups in total. The SMILES string of the molecule is CC1(c2noc(C(=O)O)n2)CCCO1. The molecule has 0 aliphatic carbocycles. The van der Waals surface area contributed by atoms with Crippen LogP contribution in [0.1, 0.15) is 36.3 Å². The lowest BCUT2D eigenvalue weighted by Crippen LogP contribution is -2.21. The molecule has 14 heavy (non-hydrogen) atoms. The van der Waals surface area contributed by atoms with Gasteiger partial charge in [-0.15, -0.1) is 0 Å². The molecule has 1 aromatic heterocycles.